The van der Waals surface area contributed by atoms with Gasteiger partial charge in [-0.1, -0.05) is 24.9 Å². The molecule has 2 rings (SSSR count). The molecular weight excluding hydrogens is 296 g/mol. The van der Waals surface area contributed by atoms with E-state index in [1.807, 2.05) is 6.92 Å². The molecule has 2 atom stereocenters. The molecule has 4 nitrogen and oxygen atoms in total. The van der Waals surface area contributed by atoms with E-state index in [-0.39, 0.29) is 12.0 Å². The summed E-state index contributed by atoms with van der Waals surface area (Å²) >= 11 is 5.89. The van der Waals surface area contributed by atoms with Crippen LogP contribution >= 0.6 is 11.6 Å². The number of nitrogens with zero attached hydrogens (tertiary/aromatic N) is 1. The number of nitrogens with two attached hydrogens (primary N) is 1. The lowest BCUT2D eigenvalue weighted by molar-refractivity contribution is 0.230. The number of sulfonamides is 1. The first-order valence-corrected chi connectivity index (χ1v) is 8.70. The summed E-state index contributed by atoms with van der Waals surface area (Å²) in [5, 5.41) is 0.550. The van der Waals surface area contributed by atoms with Crippen molar-refractivity contribution in [3.05, 3.63) is 28.8 Å². The number of rotatable bonds is 3. The molecule has 20 heavy (non-hydrogen) atoms. The van der Waals surface area contributed by atoms with Crippen LogP contribution in [-0.4, -0.2) is 31.9 Å². The van der Waals surface area contributed by atoms with Crippen molar-refractivity contribution in [2.75, 3.05) is 13.1 Å². The molecule has 1 saturated heterocycles. The molecule has 0 spiro atoms. The van der Waals surface area contributed by atoms with E-state index in [1.54, 1.807) is 29.4 Å². The molecule has 112 valence electrons. The van der Waals surface area contributed by atoms with Gasteiger partial charge in [0.2, 0.25) is 10.0 Å². The Labute approximate surface area is 126 Å². The van der Waals surface area contributed by atoms with E-state index >= 15 is 0 Å². The fourth-order valence-corrected chi connectivity index (χ4v) is 4.65. The van der Waals surface area contributed by atoms with E-state index in [2.05, 4.69) is 0 Å². The smallest absolute Gasteiger partial charge is 0.243 e. The highest BCUT2D eigenvalue weighted by Gasteiger charge is 2.33. The molecule has 1 fully saturated rings. The molecule has 0 aliphatic carbocycles. The molecule has 6 heteroatoms. The molecule has 1 aromatic carbocycles. The summed E-state index contributed by atoms with van der Waals surface area (Å²) in [6.07, 6.45) is 1.61. The topological polar surface area (TPSA) is 63.4 Å². The first-order chi connectivity index (χ1) is 9.36. The van der Waals surface area contributed by atoms with Crippen molar-refractivity contribution in [3.63, 3.8) is 0 Å². The molecule has 0 radical (unpaired) electrons. The predicted octanol–water partition coefficient (Wildman–Crippen LogP) is 2.40. The second-order valence-electron chi connectivity index (χ2n) is 5.39. The van der Waals surface area contributed by atoms with Crippen molar-refractivity contribution in [1.29, 1.82) is 0 Å². The molecule has 1 aliphatic heterocycles. The van der Waals surface area contributed by atoms with Gasteiger partial charge in [0, 0.05) is 24.2 Å². The minimum absolute atomic E-state index is 0.0952. The van der Waals surface area contributed by atoms with Gasteiger partial charge in [-0.05, 0) is 43.0 Å². The zero-order valence-electron chi connectivity index (χ0n) is 11.8. The van der Waals surface area contributed by atoms with Gasteiger partial charge in [0.1, 0.15) is 0 Å². The van der Waals surface area contributed by atoms with Gasteiger partial charge in [-0.15, -0.1) is 0 Å². The number of aryl methyl sites for hydroxylation is 1. The van der Waals surface area contributed by atoms with Gasteiger partial charge in [0.25, 0.3) is 0 Å². The average molecular weight is 317 g/mol. The Morgan fingerprint density at radius 1 is 1.45 bits per heavy atom. The van der Waals surface area contributed by atoms with E-state index in [0.717, 1.165) is 6.42 Å². The zero-order valence-corrected chi connectivity index (χ0v) is 13.4. The molecule has 2 unspecified atom stereocenters. The van der Waals surface area contributed by atoms with Gasteiger partial charge in [-0.25, -0.2) is 8.42 Å². The van der Waals surface area contributed by atoms with Crippen LogP contribution in [0.3, 0.4) is 0 Å². The summed E-state index contributed by atoms with van der Waals surface area (Å²) in [5.41, 5.74) is 6.73. The van der Waals surface area contributed by atoms with Crippen LogP contribution in [0.5, 0.6) is 0 Å². The van der Waals surface area contributed by atoms with Crippen molar-refractivity contribution in [2.24, 2.45) is 11.7 Å². The largest absolute Gasteiger partial charge is 0.327 e. The van der Waals surface area contributed by atoms with Crippen molar-refractivity contribution in [2.45, 2.75) is 37.6 Å². The molecule has 0 amide bonds. The minimum atomic E-state index is -3.46. The normalized spacial score (nSPS) is 24.8. The molecular formula is C14H21ClN2O2S. The third-order valence-corrected chi connectivity index (χ3v) is 6.30. The zero-order chi connectivity index (χ0) is 14.9. The number of hydrogen-bond acceptors (Lipinski definition) is 3. The van der Waals surface area contributed by atoms with Crippen LogP contribution < -0.4 is 5.73 Å². The van der Waals surface area contributed by atoms with Gasteiger partial charge < -0.3 is 5.73 Å². The summed E-state index contributed by atoms with van der Waals surface area (Å²) < 4.78 is 27.0. The van der Waals surface area contributed by atoms with Crippen molar-refractivity contribution in [1.82, 2.24) is 4.31 Å². The molecule has 0 aromatic heterocycles. The second kappa shape index (κ2) is 6.02. The lowest BCUT2D eigenvalue weighted by Crippen LogP contribution is -2.48. The molecule has 0 bridgehead atoms. The molecule has 2 N–H and O–H groups in total. The van der Waals surface area contributed by atoms with Gasteiger partial charge in [-0.2, -0.15) is 4.31 Å². The Bertz CT molecular complexity index is 589. The minimum Gasteiger partial charge on any atom is -0.327 e. The van der Waals surface area contributed by atoms with E-state index in [4.69, 9.17) is 17.3 Å². The van der Waals surface area contributed by atoms with Gasteiger partial charge >= 0.3 is 0 Å². The van der Waals surface area contributed by atoms with E-state index < -0.39 is 10.0 Å². The predicted molar refractivity (Wildman–Crippen MR) is 81.3 cm³/mol. The first kappa shape index (κ1) is 15.8. The Morgan fingerprint density at radius 3 is 2.75 bits per heavy atom. The number of piperidine rings is 1. The summed E-state index contributed by atoms with van der Waals surface area (Å²) in [5.74, 6) is 0.228. The Kier molecular flexibility index (Phi) is 4.74. The van der Waals surface area contributed by atoms with Gasteiger partial charge in [0.15, 0.2) is 0 Å². The fourth-order valence-electron chi connectivity index (χ4n) is 2.71. The molecule has 1 heterocycles. The van der Waals surface area contributed by atoms with Crippen LogP contribution in [-0.2, 0) is 10.0 Å². The number of hydrogen-bond donors (Lipinski definition) is 1. The van der Waals surface area contributed by atoms with E-state index in [9.17, 15) is 8.42 Å². The quantitative estimate of drug-likeness (QED) is 0.931. The first-order valence-electron chi connectivity index (χ1n) is 6.88. The number of benzene rings is 1. The number of halogens is 1. The molecule has 0 saturated carbocycles. The highest BCUT2D eigenvalue weighted by molar-refractivity contribution is 7.89. The summed E-state index contributed by atoms with van der Waals surface area (Å²) in [6, 6.07) is 4.98. The van der Waals surface area contributed by atoms with Crippen LogP contribution in [0.1, 0.15) is 25.3 Å². The monoisotopic (exact) mass is 316 g/mol. The van der Waals surface area contributed by atoms with Crippen molar-refractivity contribution >= 4 is 21.6 Å². The highest BCUT2D eigenvalue weighted by Crippen LogP contribution is 2.27. The van der Waals surface area contributed by atoms with Crippen LogP contribution in [0.2, 0.25) is 5.02 Å². The Morgan fingerprint density at radius 2 is 2.15 bits per heavy atom. The maximum Gasteiger partial charge on any atom is 0.243 e. The van der Waals surface area contributed by atoms with E-state index in [0.29, 0.717) is 35.0 Å². The lowest BCUT2D eigenvalue weighted by atomic mass is 9.92. The SMILES string of the molecule is CCC1CN(S(=O)(=O)c2ccc(Cl)cc2C)CCC1N. The summed E-state index contributed by atoms with van der Waals surface area (Å²) in [7, 11) is -3.46. The van der Waals surface area contributed by atoms with Crippen molar-refractivity contribution in [3.8, 4) is 0 Å². The van der Waals surface area contributed by atoms with Crippen LogP contribution in [0.15, 0.2) is 23.1 Å². The van der Waals surface area contributed by atoms with Gasteiger partial charge in [0.05, 0.1) is 4.90 Å². The van der Waals surface area contributed by atoms with Crippen LogP contribution in [0.25, 0.3) is 0 Å². The maximum absolute atomic E-state index is 12.7. The van der Waals surface area contributed by atoms with Crippen LogP contribution in [0, 0.1) is 12.8 Å². The Balaban J connectivity index is 2.31. The Hall–Kier alpha value is -0.620. The fraction of sp³-hybridized carbons (Fsp3) is 0.571. The second-order valence-corrected chi connectivity index (χ2v) is 7.74. The maximum atomic E-state index is 12.7. The van der Waals surface area contributed by atoms with Crippen molar-refractivity contribution < 1.29 is 8.42 Å². The average Bonchev–Trinajstić information content (AvgIpc) is 2.38. The molecule has 1 aromatic rings. The summed E-state index contributed by atoms with van der Waals surface area (Å²) in [6.45, 7) is 4.81. The standard InChI is InChI=1S/C14H21ClN2O2S/c1-3-11-9-17(7-6-13(11)16)20(18,19)14-5-4-12(15)8-10(14)2/h4-5,8,11,13H,3,6-7,9,16H2,1-2H3. The molecule has 1 aliphatic rings. The highest BCUT2D eigenvalue weighted by atomic mass is 35.5. The summed E-state index contributed by atoms with van der Waals surface area (Å²) in [4.78, 5) is 0.340. The third-order valence-electron chi connectivity index (χ3n) is 4.03. The third kappa shape index (κ3) is 3.01. The van der Waals surface area contributed by atoms with Gasteiger partial charge in [-0.3, -0.25) is 0 Å². The van der Waals surface area contributed by atoms with E-state index in [1.165, 1.54) is 0 Å². The van der Waals surface area contributed by atoms with Crippen LogP contribution in [0.4, 0.5) is 0 Å². The lowest BCUT2D eigenvalue weighted by Gasteiger charge is -2.35.